The van der Waals surface area contributed by atoms with Gasteiger partial charge in [0.1, 0.15) is 17.3 Å². The number of amides is 1. The maximum absolute atomic E-state index is 12.3. The fourth-order valence-electron chi connectivity index (χ4n) is 2.63. The van der Waals surface area contributed by atoms with Gasteiger partial charge in [0, 0.05) is 17.7 Å². The van der Waals surface area contributed by atoms with Crippen molar-refractivity contribution in [3.05, 3.63) is 70.9 Å². The second-order valence-electron chi connectivity index (χ2n) is 6.07. The number of nitrogens with one attached hydrogen (secondary N) is 2. The largest absolute Gasteiger partial charge is 0.495 e. The fraction of sp³-hybridized carbons (Fsp3) is 0.143. The molecule has 144 valence electrons. The van der Waals surface area contributed by atoms with E-state index in [4.69, 9.17) is 21.1 Å². The molecule has 3 rings (SSSR count). The van der Waals surface area contributed by atoms with E-state index in [-0.39, 0.29) is 5.91 Å². The van der Waals surface area contributed by atoms with Gasteiger partial charge in [0.2, 0.25) is 0 Å². The van der Waals surface area contributed by atoms with E-state index in [9.17, 15) is 4.79 Å². The van der Waals surface area contributed by atoms with Gasteiger partial charge in [-0.2, -0.15) is 0 Å². The summed E-state index contributed by atoms with van der Waals surface area (Å²) in [7, 11) is 3.10. The van der Waals surface area contributed by atoms with E-state index in [2.05, 4.69) is 15.6 Å². The number of rotatable bonds is 6. The standard InChI is InChI=1S/C21H20ClN3O3/c1-13-5-4-6-14(9-13)21(26)24-15-7-8-20(23-12-15)25-17-11-18(27-2)16(22)10-19(17)28-3/h4-12H,1-3H3,(H,23,25)(H,24,26). The van der Waals surface area contributed by atoms with Gasteiger partial charge in [0.25, 0.3) is 5.91 Å². The summed E-state index contributed by atoms with van der Waals surface area (Å²) in [6, 6.07) is 14.3. The number of pyridine rings is 1. The maximum atomic E-state index is 12.3. The van der Waals surface area contributed by atoms with Crippen LogP contribution in [-0.2, 0) is 0 Å². The van der Waals surface area contributed by atoms with Gasteiger partial charge in [0.05, 0.1) is 36.8 Å². The van der Waals surface area contributed by atoms with Crippen molar-refractivity contribution in [2.45, 2.75) is 6.92 Å². The summed E-state index contributed by atoms with van der Waals surface area (Å²) in [5.74, 6) is 1.47. The van der Waals surface area contributed by atoms with Gasteiger partial charge in [-0.1, -0.05) is 29.3 Å². The lowest BCUT2D eigenvalue weighted by Crippen LogP contribution is -2.12. The molecular formula is C21H20ClN3O3. The smallest absolute Gasteiger partial charge is 0.255 e. The van der Waals surface area contributed by atoms with Crippen molar-refractivity contribution in [1.82, 2.24) is 4.98 Å². The van der Waals surface area contributed by atoms with Crippen LogP contribution in [-0.4, -0.2) is 25.1 Å². The van der Waals surface area contributed by atoms with Crippen LogP contribution < -0.4 is 20.1 Å². The van der Waals surface area contributed by atoms with Crippen LogP contribution in [0.5, 0.6) is 11.5 Å². The van der Waals surface area contributed by atoms with Gasteiger partial charge in [-0.05, 0) is 31.2 Å². The van der Waals surface area contributed by atoms with Crippen LogP contribution in [0.3, 0.4) is 0 Å². The third kappa shape index (κ3) is 4.53. The zero-order valence-corrected chi connectivity index (χ0v) is 16.5. The SMILES string of the molecule is COc1cc(Nc2ccc(NC(=O)c3cccc(C)c3)cn2)c(OC)cc1Cl. The van der Waals surface area contributed by atoms with Crippen molar-refractivity contribution in [3.8, 4) is 11.5 Å². The molecule has 0 aliphatic carbocycles. The molecule has 0 radical (unpaired) electrons. The van der Waals surface area contributed by atoms with Crippen molar-refractivity contribution in [2.75, 3.05) is 24.9 Å². The Balaban J connectivity index is 1.74. The highest BCUT2D eigenvalue weighted by Crippen LogP contribution is 2.37. The Kier molecular flexibility index (Phi) is 6.01. The van der Waals surface area contributed by atoms with E-state index in [1.165, 1.54) is 0 Å². The molecule has 2 aromatic carbocycles. The summed E-state index contributed by atoms with van der Waals surface area (Å²) in [5.41, 5.74) is 2.88. The topological polar surface area (TPSA) is 72.5 Å². The first-order chi connectivity index (χ1) is 13.5. The van der Waals surface area contributed by atoms with Gasteiger partial charge < -0.3 is 20.1 Å². The molecule has 0 aliphatic rings. The number of aromatic nitrogens is 1. The number of halogens is 1. The number of hydrogen-bond acceptors (Lipinski definition) is 5. The number of carbonyl (C=O) groups excluding carboxylic acids is 1. The van der Waals surface area contributed by atoms with Gasteiger partial charge in [0.15, 0.2) is 0 Å². The first-order valence-electron chi connectivity index (χ1n) is 8.53. The lowest BCUT2D eigenvalue weighted by Gasteiger charge is -2.14. The molecule has 1 amide bonds. The number of ether oxygens (including phenoxy) is 2. The van der Waals surface area contributed by atoms with Crippen LogP contribution in [0.1, 0.15) is 15.9 Å². The molecule has 0 unspecified atom stereocenters. The predicted octanol–water partition coefficient (Wildman–Crippen LogP) is 5.06. The number of nitrogens with zero attached hydrogens (tertiary/aromatic N) is 1. The van der Waals surface area contributed by atoms with Crippen LogP contribution >= 0.6 is 11.6 Å². The number of benzene rings is 2. The number of anilines is 3. The molecule has 0 saturated heterocycles. The molecule has 2 N–H and O–H groups in total. The van der Waals surface area contributed by atoms with Gasteiger partial charge >= 0.3 is 0 Å². The molecule has 0 bridgehead atoms. The minimum Gasteiger partial charge on any atom is -0.495 e. The highest BCUT2D eigenvalue weighted by molar-refractivity contribution is 6.32. The molecule has 0 spiro atoms. The number of hydrogen-bond donors (Lipinski definition) is 2. The van der Waals surface area contributed by atoms with Crippen molar-refractivity contribution in [2.24, 2.45) is 0 Å². The van der Waals surface area contributed by atoms with Crippen LogP contribution in [0.25, 0.3) is 0 Å². The lowest BCUT2D eigenvalue weighted by molar-refractivity contribution is 0.102. The Morgan fingerprint density at radius 1 is 1.04 bits per heavy atom. The molecule has 0 atom stereocenters. The summed E-state index contributed by atoms with van der Waals surface area (Å²) in [5, 5.41) is 6.44. The summed E-state index contributed by atoms with van der Waals surface area (Å²) in [4.78, 5) is 16.7. The van der Waals surface area contributed by atoms with Gasteiger partial charge in [-0.15, -0.1) is 0 Å². The maximum Gasteiger partial charge on any atom is 0.255 e. The number of methoxy groups -OCH3 is 2. The highest BCUT2D eigenvalue weighted by Gasteiger charge is 2.11. The van der Waals surface area contributed by atoms with Crippen molar-refractivity contribution < 1.29 is 14.3 Å². The minimum absolute atomic E-state index is 0.185. The van der Waals surface area contributed by atoms with Crippen molar-refractivity contribution in [1.29, 1.82) is 0 Å². The highest BCUT2D eigenvalue weighted by atomic mass is 35.5. The van der Waals surface area contributed by atoms with E-state index in [0.29, 0.717) is 39.3 Å². The Labute approximate surface area is 168 Å². The summed E-state index contributed by atoms with van der Waals surface area (Å²) in [6.07, 6.45) is 1.58. The first-order valence-corrected chi connectivity index (χ1v) is 8.90. The molecule has 0 saturated carbocycles. The van der Waals surface area contributed by atoms with E-state index in [1.54, 1.807) is 50.7 Å². The molecule has 0 fully saturated rings. The normalized spacial score (nSPS) is 10.3. The zero-order valence-electron chi connectivity index (χ0n) is 15.7. The van der Waals surface area contributed by atoms with Crippen molar-refractivity contribution >= 4 is 34.7 Å². The molecule has 3 aromatic rings. The minimum atomic E-state index is -0.185. The Hall–Kier alpha value is -3.25. The van der Waals surface area contributed by atoms with Crippen LogP contribution in [0, 0.1) is 6.92 Å². The summed E-state index contributed by atoms with van der Waals surface area (Å²) < 4.78 is 10.6. The van der Waals surface area contributed by atoms with Crippen LogP contribution in [0.2, 0.25) is 5.02 Å². The Morgan fingerprint density at radius 2 is 1.82 bits per heavy atom. The summed E-state index contributed by atoms with van der Waals surface area (Å²) >= 11 is 6.12. The van der Waals surface area contributed by atoms with Gasteiger partial charge in [-0.25, -0.2) is 4.98 Å². The fourth-order valence-corrected chi connectivity index (χ4v) is 2.86. The molecule has 0 aliphatic heterocycles. The van der Waals surface area contributed by atoms with E-state index >= 15 is 0 Å². The average molecular weight is 398 g/mol. The monoisotopic (exact) mass is 397 g/mol. The molecule has 1 heterocycles. The van der Waals surface area contributed by atoms with E-state index < -0.39 is 0 Å². The van der Waals surface area contributed by atoms with E-state index in [1.807, 2.05) is 25.1 Å². The third-order valence-corrected chi connectivity index (χ3v) is 4.33. The Bertz CT molecular complexity index is 991. The quantitative estimate of drug-likeness (QED) is 0.608. The second kappa shape index (κ2) is 8.63. The predicted molar refractivity (Wildman–Crippen MR) is 111 cm³/mol. The molecule has 6 nitrogen and oxygen atoms in total. The van der Waals surface area contributed by atoms with Crippen LogP contribution in [0.4, 0.5) is 17.2 Å². The molecular weight excluding hydrogens is 378 g/mol. The lowest BCUT2D eigenvalue weighted by atomic mass is 10.1. The van der Waals surface area contributed by atoms with Gasteiger partial charge in [-0.3, -0.25) is 4.79 Å². The molecule has 28 heavy (non-hydrogen) atoms. The summed E-state index contributed by atoms with van der Waals surface area (Å²) in [6.45, 7) is 1.94. The second-order valence-corrected chi connectivity index (χ2v) is 6.47. The molecule has 7 heteroatoms. The zero-order chi connectivity index (χ0) is 20.1. The van der Waals surface area contributed by atoms with E-state index in [0.717, 1.165) is 5.56 Å². The first kappa shape index (κ1) is 19.5. The Morgan fingerprint density at radius 3 is 2.46 bits per heavy atom. The van der Waals surface area contributed by atoms with Crippen molar-refractivity contribution in [3.63, 3.8) is 0 Å². The third-order valence-electron chi connectivity index (χ3n) is 4.04. The average Bonchev–Trinajstić information content (AvgIpc) is 2.70. The molecule has 1 aromatic heterocycles. The van der Waals surface area contributed by atoms with Crippen LogP contribution in [0.15, 0.2) is 54.7 Å². The number of aryl methyl sites for hydroxylation is 1. The number of carbonyl (C=O) groups is 1.